The number of guanidine groups is 1. The average Bonchev–Trinajstić information content (AvgIpc) is 3.23. The summed E-state index contributed by atoms with van der Waals surface area (Å²) in [6.07, 6.45) is 1.56. The van der Waals surface area contributed by atoms with Crippen LogP contribution in [-0.2, 0) is 11.0 Å². The number of nitrogens with zero attached hydrogens (tertiary/aromatic N) is 1. The van der Waals surface area contributed by atoms with Gasteiger partial charge in [0.25, 0.3) is 0 Å². The van der Waals surface area contributed by atoms with Crippen LogP contribution in [0.3, 0.4) is 0 Å². The zero-order valence-corrected chi connectivity index (χ0v) is 15.6. The highest BCUT2D eigenvalue weighted by atomic mass is 32.1. The van der Waals surface area contributed by atoms with Crippen molar-refractivity contribution in [2.75, 3.05) is 19.6 Å². The van der Waals surface area contributed by atoms with Crippen LogP contribution < -0.4 is 10.6 Å². The first-order chi connectivity index (χ1) is 11.3. The van der Waals surface area contributed by atoms with Crippen LogP contribution in [0.5, 0.6) is 0 Å². The Balaban J connectivity index is 2.01. The number of nitrogens with one attached hydrogen (secondary N) is 2. The predicted octanol–water partition coefficient (Wildman–Crippen LogP) is 3.08. The fraction of sp³-hybridized carbons (Fsp3) is 0.500. The van der Waals surface area contributed by atoms with E-state index in [1.165, 1.54) is 4.88 Å². The Morgan fingerprint density at radius 2 is 2.04 bits per heavy atom. The molecule has 0 aliphatic rings. The van der Waals surface area contributed by atoms with Gasteiger partial charge in [0, 0.05) is 16.8 Å². The zero-order chi connectivity index (χ0) is 17.6. The van der Waals surface area contributed by atoms with E-state index in [1.54, 1.807) is 36.7 Å². The van der Waals surface area contributed by atoms with E-state index in [9.17, 15) is 5.11 Å². The lowest BCUT2D eigenvalue weighted by Gasteiger charge is -2.24. The molecule has 2 heterocycles. The molecule has 0 radical (unpaired) electrons. The smallest absolute Gasteiger partial charge is 0.191 e. The molecule has 1 atom stereocenters. The molecule has 3 N–H and O–H groups in total. The summed E-state index contributed by atoms with van der Waals surface area (Å²) in [5.41, 5.74) is -1.12. The standard InChI is InChI=1S/C18H27N3O2S/c1-5-19-16(20-12-17(2,3)15-9-7-11-24-15)21-13-18(4,22)14-8-6-10-23-14/h6-11,22H,5,12-13H2,1-4H3,(H2,19,20,21). The Bertz CT molecular complexity index is 631. The highest BCUT2D eigenvalue weighted by Crippen LogP contribution is 2.27. The molecular weight excluding hydrogens is 322 g/mol. The van der Waals surface area contributed by atoms with Crippen LogP contribution in [0.1, 0.15) is 38.3 Å². The van der Waals surface area contributed by atoms with E-state index in [-0.39, 0.29) is 5.41 Å². The van der Waals surface area contributed by atoms with E-state index >= 15 is 0 Å². The first-order valence-corrected chi connectivity index (χ1v) is 9.05. The van der Waals surface area contributed by atoms with Gasteiger partial charge in [-0.05, 0) is 37.4 Å². The van der Waals surface area contributed by atoms with Crippen LogP contribution in [0.25, 0.3) is 0 Å². The maximum Gasteiger partial charge on any atom is 0.191 e. The van der Waals surface area contributed by atoms with Gasteiger partial charge in [-0.25, -0.2) is 0 Å². The van der Waals surface area contributed by atoms with Gasteiger partial charge >= 0.3 is 0 Å². The fourth-order valence-electron chi connectivity index (χ4n) is 2.29. The minimum absolute atomic E-state index is 0.0277. The van der Waals surface area contributed by atoms with Crippen molar-refractivity contribution in [3.8, 4) is 0 Å². The van der Waals surface area contributed by atoms with Gasteiger partial charge in [0.1, 0.15) is 11.4 Å². The number of furan rings is 1. The second-order valence-corrected chi connectivity index (χ2v) is 7.61. The van der Waals surface area contributed by atoms with Crippen LogP contribution in [0.4, 0.5) is 0 Å². The Morgan fingerprint density at radius 3 is 2.62 bits per heavy atom. The van der Waals surface area contributed by atoms with Gasteiger partial charge in [0.15, 0.2) is 5.96 Å². The van der Waals surface area contributed by atoms with E-state index in [4.69, 9.17) is 4.42 Å². The Morgan fingerprint density at radius 1 is 1.25 bits per heavy atom. The molecule has 24 heavy (non-hydrogen) atoms. The number of hydrogen-bond donors (Lipinski definition) is 3. The summed E-state index contributed by atoms with van der Waals surface area (Å²) in [6.45, 7) is 9.84. The van der Waals surface area contributed by atoms with Gasteiger partial charge < -0.3 is 20.2 Å². The topological polar surface area (TPSA) is 69.8 Å². The van der Waals surface area contributed by atoms with Crippen LogP contribution in [0.2, 0.25) is 0 Å². The third-order valence-corrected chi connectivity index (χ3v) is 5.05. The maximum absolute atomic E-state index is 10.5. The molecule has 0 saturated carbocycles. The van der Waals surface area contributed by atoms with Crippen molar-refractivity contribution < 1.29 is 9.52 Å². The highest BCUT2D eigenvalue weighted by molar-refractivity contribution is 7.10. The summed E-state index contributed by atoms with van der Waals surface area (Å²) in [5, 5.41) is 19.0. The van der Waals surface area contributed by atoms with Gasteiger partial charge in [0.05, 0.1) is 19.4 Å². The normalized spacial score (nSPS) is 15.1. The summed E-state index contributed by atoms with van der Waals surface area (Å²) in [7, 11) is 0. The molecule has 0 bridgehead atoms. The summed E-state index contributed by atoms with van der Waals surface area (Å²) in [6, 6.07) is 7.75. The predicted molar refractivity (Wildman–Crippen MR) is 99.6 cm³/mol. The molecule has 6 heteroatoms. The third kappa shape index (κ3) is 4.85. The molecule has 5 nitrogen and oxygen atoms in total. The number of hydrogen-bond acceptors (Lipinski definition) is 4. The second kappa shape index (κ2) is 7.85. The van der Waals surface area contributed by atoms with E-state index in [1.807, 2.05) is 6.92 Å². The SMILES string of the molecule is CCNC(=NCC(C)(C)c1cccs1)NCC(C)(O)c1ccco1. The molecule has 0 saturated heterocycles. The van der Waals surface area contributed by atoms with Crippen molar-refractivity contribution in [2.24, 2.45) is 4.99 Å². The molecule has 2 aromatic rings. The monoisotopic (exact) mass is 349 g/mol. The number of thiophene rings is 1. The van der Waals surface area contributed by atoms with E-state index in [2.05, 4.69) is 47.0 Å². The molecule has 0 amide bonds. The molecular formula is C18H27N3O2S. The molecule has 1 unspecified atom stereocenters. The Hall–Kier alpha value is -1.79. The second-order valence-electron chi connectivity index (χ2n) is 6.66. The minimum atomic E-state index is -1.09. The van der Waals surface area contributed by atoms with E-state index < -0.39 is 5.60 Å². The molecule has 132 valence electrons. The van der Waals surface area contributed by atoms with Gasteiger partial charge in [0.2, 0.25) is 0 Å². The van der Waals surface area contributed by atoms with Crippen molar-refractivity contribution in [1.29, 1.82) is 0 Å². The molecule has 2 aromatic heterocycles. The molecule has 2 rings (SSSR count). The fourth-order valence-corrected chi connectivity index (χ4v) is 3.13. The number of aliphatic imine (C=N–C) groups is 1. The third-order valence-electron chi connectivity index (χ3n) is 3.82. The van der Waals surface area contributed by atoms with E-state index in [0.29, 0.717) is 24.8 Å². The highest BCUT2D eigenvalue weighted by Gasteiger charge is 2.27. The lowest BCUT2D eigenvalue weighted by molar-refractivity contribution is 0.0386. The average molecular weight is 350 g/mol. The van der Waals surface area contributed by atoms with Crippen molar-refractivity contribution in [3.05, 3.63) is 46.5 Å². The summed E-state index contributed by atoms with van der Waals surface area (Å²) in [5.74, 6) is 1.22. The minimum Gasteiger partial charge on any atom is -0.466 e. The zero-order valence-electron chi connectivity index (χ0n) is 14.8. The summed E-state index contributed by atoms with van der Waals surface area (Å²) >= 11 is 1.75. The Labute approximate surface area is 147 Å². The van der Waals surface area contributed by atoms with Crippen LogP contribution in [0, 0.1) is 0 Å². The lowest BCUT2D eigenvalue weighted by atomic mass is 9.92. The molecule has 0 fully saturated rings. The van der Waals surface area contributed by atoms with Gasteiger partial charge in [-0.3, -0.25) is 4.99 Å². The van der Waals surface area contributed by atoms with E-state index in [0.717, 1.165) is 6.54 Å². The molecule has 0 spiro atoms. The lowest BCUT2D eigenvalue weighted by Crippen LogP contribution is -2.45. The number of rotatable bonds is 7. The molecule has 0 aliphatic heterocycles. The molecule has 0 aromatic carbocycles. The first-order valence-electron chi connectivity index (χ1n) is 8.18. The van der Waals surface area contributed by atoms with Gasteiger partial charge in [-0.2, -0.15) is 0 Å². The summed E-state index contributed by atoms with van der Waals surface area (Å²) < 4.78 is 5.30. The van der Waals surface area contributed by atoms with Gasteiger partial charge in [-0.15, -0.1) is 11.3 Å². The first kappa shape index (κ1) is 18.5. The van der Waals surface area contributed by atoms with Crippen LogP contribution >= 0.6 is 11.3 Å². The van der Waals surface area contributed by atoms with Crippen molar-refractivity contribution in [3.63, 3.8) is 0 Å². The van der Waals surface area contributed by atoms with Crippen LogP contribution in [0.15, 0.2) is 45.3 Å². The van der Waals surface area contributed by atoms with Crippen LogP contribution in [-0.4, -0.2) is 30.7 Å². The van der Waals surface area contributed by atoms with Crippen molar-refractivity contribution in [1.82, 2.24) is 10.6 Å². The van der Waals surface area contributed by atoms with Crippen molar-refractivity contribution >= 4 is 17.3 Å². The van der Waals surface area contributed by atoms with Gasteiger partial charge in [-0.1, -0.05) is 19.9 Å². The quantitative estimate of drug-likeness (QED) is 0.531. The van der Waals surface area contributed by atoms with Crippen molar-refractivity contribution in [2.45, 2.75) is 38.7 Å². The largest absolute Gasteiger partial charge is 0.466 e. The molecule has 0 aliphatic carbocycles. The number of aliphatic hydroxyl groups is 1. The summed E-state index contributed by atoms with van der Waals surface area (Å²) in [4.78, 5) is 5.99. The maximum atomic E-state index is 10.5. The Kier molecular flexibility index (Phi) is 6.07.